The van der Waals surface area contributed by atoms with Crippen LogP contribution in [0, 0.1) is 12.8 Å². The third-order valence-electron chi connectivity index (χ3n) is 5.39. The van der Waals surface area contributed by atoms with Crippen LogP contribution in [0.5, 0.6) is 0 Å². The van der Waals surface area contributed by atoms with E-state index in [4.69, 9.17) is 0 Å². The quantitative estimate of drug-likeness (QED) is 0.624. The second kappa shape index (κ2) is 9.37. The molecule has 3 rings (SSSR count). The lowest BCUT2D eigenvalue weighted by molar-refractivity contribution is -0.169. The van der Waals surface area contributed by atoms with E-state index >= 15 is 0 Å². The van der Waals surface area contributed by atoms with Crippen LogP contribution in [0.4, 0.5) is 35.4 Å². The molecule has 0 saturated carbocycles. The Hall–Kier alpha value is -3.43. The molecule has 0 bridgehead atoms. The topological polar surface area (TPSA) is 82.5 Å². The highest BCUT2D eigenvalue weighted by molar-refractivity contribution is 5.91. The summed E-state index contributed by atoms with van der Waals surface area (Å²) in [5.74, 6) is -0.618. The molecule has 1 saturated heterocycles. The Kier molecular flexibility index (Phi) is 6.81. The van der Waals surface area contributed by atoms with Gasteiger partial charge >= 0.3 is 12.2 Å². The van der Waals surface area contributed by atoms with Crippen LogP contribution in [0.3, 0.4) is 0 Å². The van der Waals surface area contributed by atoms with E-state index in [1.54, 1.807) is 25.4 Å². The van der Waals surface area contributed by atoms with Gasteiger partial charge < -0.3 is 15.5 Å². The van der Waals surface area contributed by atoms with Crippen LogP contribution in [0.2, 0.25) is 0 Å². The molecule has 10 heteroatoms. The number of anilines is 2. The lowest BCUT2D eigenvalue weighted by atomic mass is 9.99. The number of benzene rings is 1. The van der Waals surface area contributed by atoms with Gasteiger partial charge in [-0.2, -0.15) is 18.2 Å². The first kappa shape index (κ1) is 23.2. The first-order valence-corrected chi connectivity index (χ1v) is 10.1. The fourth-order valence-electron chi connectivity index (χ4n) is 3.58. The number of nitrogens with one attached hydrogen (secondary N) is 2. The molecule has 1 fully saturated rings. The number of rotatable bonds is 5. The van der Waals surface area contributed by atoms with E-state index in [1.165, 1.54) is 4.90 Å². The van der Waals surface area contributed by atoms with Crippen molar-refractivity contribution in [2.45, 2.75) is 26.4 Å². The minimum Gasteiger partial charge on any atom is -0.357 e. The Morgan fingerprint density at radius 1 is 1.38 bits per heavy atom. The van der Waals surface area contributed by atoms with Gasteiger partial charge in [0.15, 0.2) is 5.82 Å². The van der Waals surface area contributed by atoms with Crippen LogP contribution < -0.4 is 10.6 Å². The van der Waals surface area contributed by atoms with Crippen molar-refractivity contribution in [3.8, 4) is 0 Å². The number of aliphatic imine (C=N–C) groups is 1. The average Bonchev–Trinajstić information content (AvgIpc) is 3.26. The summed E-state index contributed by atoms with van der Waals surface area (Å²) in [7, 11) is 1.71. The number of hydrogen-bond acceptors (Lipinski definition) is 5. The summed E-state index contributed by atoms with van der Waals surface area (Å²) < 4.78 is 38.7. The number of urea groups is 1. The molecular weight excluding hydrogens is 421 g/mol. The Balaban J connectivity index is 1.79. The summed E-state index contributed by atoms with van der Waals surface area (Å²) in [5.41, 5.74) is 3.90. The van der Waals surface area contributed by atoms with Crippen molar-refractivity contribution in [2.75, 3.05) is 30.8 Å². The zero-order valence-corrected chi connectivity index (χ0v) is 18.1. The number of carbonyl (C=O) groups is 1. The fraction of sp³-hybridized carbons (Fsp3) is 0.364. The molecule has 1 aromatic carbocycles. The number of hydrogen-bond donors (Lipinski definition) is 2. The van der Waals surface area contributed by atoms with E-state index in [9.17, 15) is 18.0 Å². The number of halogens is 3. The lowest BCUT2D eigenvalue weighted by Gasteiger charge is -2.19. The Bertz CT molecular complexity index is 1050. The second-order valence-corrected chi connectivity index (χ2v) is 7.64. The van der Waals surface area contributed by atoms with Gasteiger partial charge in [0.1, 0.15) is 0 Å². The fourth-order valence-corrected chi connectivity index (χ4v) is 3.58. The van der Waals surface area contributed by atoms with E-state index in [0.717, 1.165) is 16.7 Å². The normalized spacial score (nSPS) is 16.8. The number of aryl methyl sites for hydroxylation is 1. The van der Waals surface area contributed by atoms with Gasteiger partial charge in [-0.25, -0.2) is 14.8 Å². The summed E-state index contributed by atoms with van der Waals surface area (Å²) in [4.78, 5) is 26.1. The Morgan fingerprint density at radius 2 is 2.12 bits per heavy atom. The lowest BCUT2D eigenvalue weighted by Crippen LogP contribution is -2.35. The standard InChI is InChI=1S/C22H25F3N6O/c1-13-5-6-17(29-21(32)31-8-7-16(12-31)22(23,24)25)10-18(13)14(2)9-15-11-28-20(27-4)30-19(15)26-3/h5-6,9-11,16H,3,7-8,12H2,1-2,4H3,(H,29,32)(H,27,28,30)/b14-9+/t16-/m1/s1. The van der Waals surface area contributed by atoms with Crippen molar-refractivity contribution in [1.82, 2.24) is 14.9 Å². The molecular formula is C22H25F3N6O. The molecule has 2 amide bonds. The molecule has 0 radical (unpaired) electrons. The molecule has 2 heterocycles. The number of nitrogens with zero attached hydrogens (tertiary/aromatic N) is 4. The summed E-state index contributed by atoms with van der Waals surface area (Å²) >= 11 is 0. The largest absolute Gasteiger partial charge is 0.393 e. The number of allylic oxidation sites excluding steroid dienone is 1. The first-order chi connectivity index (χ1) is 15.1. The summed E-state index contributed by atoms with van der Waals surface area (Å²) in [6.07, 6.45) is -0.863. The highest BCUT2D eigenvalue weighted by Crippen LogP contribution is 2.34. The van der Waals surface area contributed by atoms with E-state index in [2.05, 4.69) is 32.3 Å². The molecule has 0 unspecified atom stereocenters. The van der Waals surface area contributed by atoms with Crippen LogP contribution in [0.25, 0.3) is 11.6 Å². The average molecular weight is 446 g/mol. The van der Waals surface area contributed by atoms with E-state index < -0.39 is 18.1 Å². The van der Waals surface area contributed by atoms with Gasteiger partial charge in [0, 0.05) is 37.6 Å². The van der Waals surface area contributed by atoms with Crippen molar-refractivity contribution in [3.63, 3.8) is 0 Å². The molecule has 1 aliphatic rings. The number of alkyl halides is 3. The molecule has 2 N–H and O–H groups in total. The highest BCUT2D eigenvalue weighted by atomic mass is 19.4. The van der Waals surface area contributed by atoms with Crippen molar-refractivity contribution < 1.29 is 18.0 Å². The van der Waals surface area contributed by atoms with Crippen LogP contribution in [0.1, 0.15) is 30.0 Å². The summed E-state index contributed by atoms with van der Waals surface area (Å²) in [6, 6.07) is 4.82. The predicted octanol–water partition coefficient (Wildman–Crippen LogP) is 5.14. The smallest absolute Gasteiger partial charge is 0.357 e. The molecule has 1 aliphatic heterocycles. The van der Waals surface area contributed by atoms with Gasteiger partial charge in [-0.3, -0.25) is 0 Å². The van der Waals surface area contributed by atoms with Crippen LogP contribution in [-0.4, -0.2) is 53.9 Å². The maximum atomic E-state index is 12.9. The number of likely N-dealkylation sites (tertiary alicyclic amines) is 1. The van der Waals surface area contributed by atoms with Crippen LogP contribution in [0.15, 0.2) is 29.4 Å². The molecule has 0 aliphatic carbocycles. The zero-order chi connectivity index (χ0) is 23.5. The monoisotopic (exact) mass is 446 g/mol. The number of carbonyl (C=O) groups excluding carboxylic acids is 1. The van der Waals surface area contributed by atoms with Crippen molar-refractivity contribution in [2.24, 2.45) is 10.9 Å². The molecule has 2 aromatic rings. The maximum absolute atomic E-state index is 12.9. The summed E-state index contributed by atoms with van der Waals surface area (Å²) in [5, 5.41) is 5.56. The van der Waals surface area contributed by atoms with Crippen LogP contribution >= 0.6 is 0 Å². The number of aromatic nitrogens is 2. The minimum absolute atomic E-state index is 0.0770. The van der Waals surface area contributed by atoms with Crippen molar-refractivity contribution in [3.05, 3.63) is 41.1 Å². The van der Waals surface area contributed by atoms with Crippen molar-refractivity contribution in [1.29, 1.82) is 0 Å². The van der Waals surface area contributed by atoms with Gasteiger partial charge in [-0.1, -0.05) is 6.07 Å². The van der Waals surface area contributed by atoms with Crippen molar-refractivity contribution >= 4 is 41.9 Å². The summed E-state index contributed by atoms with van der Waals surface area (Å²) in [6.45, 7) is 7.13. The second-order valence-electron chi connectivity index (χ2n) is 7.64. The molecule has 170 valence electrons. The van der Waals surface area contributed by atoms with Gasteiger partial charge in [0.05, 0.1) is 5.92 Å². The number of amides is 2. The van der Waals surface area contributed by atoms with Gasteiger partial charge in [0.25, 0.3) is 0 Å². The molecule has 1 atom stereocenters. The maximum Gasteiger partial charge on any atom is 0.393 e. The first-order valence-electron chi connectivity index (χ1n) is 10.1. The Labute approximate surface area is 184 Å². The van der Waals surface area contributed by atoms with E-state index in [1.807, 2.05) is 26.0 Å². The van der Waals surface area contributed by atoms with Gasteiger partial charge in [-0.05, 0) is 61.9 Å². The predicted molar refractivity (Wildman–Crippen MR) is 120 cm³/mol. The zero-order valence-electron chi connectivity index (χ0n) is 18.1. The third-order valence-corrected chi connectivity index (χ3v) is 5.39. The molecule has 1 aromatic heterocycles. The third kappa shape index (κ3) is 5.24. The highest BCUT2D eigenvalue weighted by Gasteiger charge is 2.44. The van der Waals surface area contributed by atoms with E-state index in [-0.39, 0.29) is 19.5 Å². The SMILES string of the molecule is C=Nc1nc(NC)ncc1/C=C(\C)c1cc(NC(=O)N2CC[C@@H](C(F)(F)F)C2)ccc1C. The van der Waals surface area contributed by atoms with Gasteiger partial charge in [-0.15, -0.1) is 0 Å². The molecule has 7 nitrogen and oxygen atoms in total. The van der Waals surface area contributed by atoms with E-state index in [0.29, 0.717) is 23.0 Å². The van der Waals surface area contributed by atoms with Crippen LogP contribution in [-0.2, 0) is 0 Å². The Morgan fingerprint density at radius 3 is 2.75 bits per heavy atom. The molecule has 0 spiro atoms. The van der Waals surface area contributed by atoms with Gasteiger partial charge in [0.2, 0.25) is 5.95 Å². The minimum atomic E-state index is -4.29. The molecule has 32 heavy (non-hydrogen) atoms.